The Morgan fingerprint density at radius 3 is 2.73 bits per heavy atom. The summed E-state index contributed by atoms with van der Waals surface area (Å²) in [6.07, 6.45) is 1.84. The van der Waals surface area contributed by atoms with Crippen LogP contribution in [-0.4, -0.2) is 60.9 Å². The van der Waals surface area contributed by atoms with E-state index in [4.69, 9.17) is 0 Å². The van der Waals surface area contributed by atoms with Gasteiger partial charge in [-0.1, -0.05) is 0 Å². The van der Waals surface area contributed by atoms with Gasteiger partial charge in [0.1, 0.15) is 0 Å². The lowest BCUT2D eigenvalue weighted by Gasteiger charge is -2.25. The first-order chi connectivity index (χ1) is 7.20. The van der Waals surface area contributed by atoms with Crippen molar-refractivity contribution in [1.82, 2.24) is 15.1 Å². The lowest BCUT2D eigenvalue weighted by Crippen LogP contribution is -2.46. The number of nitrogens with zero attached hydrogens (tertiary/aromatic N) is 2. The van der Waals surface area contributed by atoms with Gasteiger partial charge in [0.05, 0.1) is 0 Å². The molecule has 1 unspecified atom stereocenters. The van der Waals surface area contributed by atoms with Crippen LogP contribution < -0.4 is 5.32 Å². The van der Waals surface area contributed by atoms with E-state index < -0.39 is 0 Å². The van der Waals surface area contributed by atoms with Gasteiger partial charge in [0.25, 0.3) is 0 Å². The zero-order chi connectivity index (χ0) is 10.8. The molecule has 0 bridgehead atoms. The first-order valence-electron chi connectivity index (χ1n) is 5.47. The molecule has 2 heterocycles. The summed E-state index contributed by atoms with van der Waals surface area (Å²) in [5, 5.41) is 3.22. The molecule has 5 heteroatoms. The Morgan fingerprint density at radius 1 is 1.27 bits per heavy atom. The highest BCUT2D eigenvalue weighted by atomic mass is 16.2. The minimum absolute atomic E-state index is 0.216. The van der Waals surface area contributed by atoms with Crippen LogP contribution in [0.15, 0.2) is 0 Å². The Kier molecular flexibility index (Phi) is 2.90. The van der Waals surface area contributed by atoms with Crippen molar-refractivity contribution in [3.8, 4) is 0 Å². The van der Waals surface area contributed by atoms with E-state index in [1.54, 1.807) is 11.9 Å². The van der Waals surface area contributed by atoms with Crippen LogP contribution in [0.25, 0.3) is 0 Å². The average Bonchev–Trinajstić information content (AvgIpc) is 2.71. The van der Waals surface area contributed by atoms with Gasteiger partial charge in [-0.2, -0.15) is 0 Å². The molecule has 2 aliphatic rings. The van der Waals surface area contributed by atoms with Gasteiger partial charge >= 0.3 is 11.8 Å². The molecule has 0 spiro atoms. The van der Waals surface area contributed by atoms with Gasteiger partial charge in [0.15, 0.2) is 0 Å². The third kappa shape index (κ3) is 1.97. The molecule has 2 rings (SSSR count). The maximum absolute atomic E-state index is 11.8. The largest absolute Gasteiger partial charge is 0.337 e. The molecule has 0 aromatic carbocycles. The molecule has 0 radical (unpaired) electrons. The number of likely N-dealkylation sites (N-methyl/N-ethyl adjacent to an activating group) is 1. The average molecular weight is 211 g/mol. The van der Waals surface area contributed by atoms with Gasteiger partial charge < -0.3 is 15.1 Å². The second-order valence-corrected chi connectivity index (χ2v) is 4.23. The van der Waals surface area contributed by atoms with Gasteiger partial charge in [-0.15, -0.1) is 0 Å². The van der Waals surface area contributed by atoms with Crippen molar-refractivity contribution < 1.29 is 9.59 Å². The quantitative estimate of drug-likeness (QED) is 0.568. The van der Waals surface area contributed by atoms with Crippen molar-refractivity contribution in [1.29, 1.82) is 0 Å². The fraction of sp³-hybridized carbons (Fsp3) is 0.800. The van der Waals surface area contributed by atoms with Crippen molar-refractivity contribution >= 4 is 11.8 Å². The highest BCUT2D eigenvalue weighted by molar-refractivity contribution is 6.35. The Labute approximate surface area is 89.4 Å². The van der Waals surface area contributed by atoms with Crippen LogP contribution in [0.4, 0.5) is 0 Å². The van der Waals surface area contributed by atoms with Crippen molar-refractivity contribution in [2.75, 3.05) is 33.2 Å². The number of hydrogen-bond acceptors (Lipinski definition) is 3. The minimum atomic E-state index is -0.362. The number of hydrogen-bond donors (Lipinski definition) is 1. The van der Waals surface area contributed by atoms with Crippen molar-refractivity contribution in [3.05, 3.63) is 0 Å². The van der Waals surface area contributed by atoms with E-state index in [9.17, 15) is 9.59 Å². The van der Waals surface area contributed by atoms with Crippen LogP contribution in [-0.2, 0) is 9.59 Å². The molecule has 84 valence electrons. The van der Waals surface area contributed by atoms with E-state index in [0.717, 1.165) is 25.9 Å². The highest BCUT2D eigenvalue weighted by Gasteiger charge is 2.33. The Morgan fingerprint density at radius 2 is 2.07 bits per heavy atom. The van der Waals surface area contributed by atoms with E-state index >= 15 is 0 Å². The molecule has 15 heavy (non-hydrogen) atoms. The third-order valence-electron chi connectivity index (χ3n) is 3.16. The Hall–Kier alpha value is -1.10. The second-order valence-electron chi connectivity index (χ2n) is 4.23. The first-order valence-corrected chi connectivity index (χ1v) is 5.47. The number of carbonyl (C=O) groups excluding carboxylic acids is 2. The smallest absolute Gasteiger partial charge is 0.312 e. The van der Waals surface area contributed by atoms with Gasteiger partial charge in [-0.05, 0) is 19.4 Å². The van der Waals surface area contributed by atoms with Crippen molar-refractivity contribution in [3.63, 3.8) is 0 Å². The maximum Gasteiger partial charge on any atom is 0.312 e. The first kappa shape index (κ1) is 10.4. The van der Waals surface area contributed by atoms with E-state index in [0.29, 0.717) is 13.1 Å². The summed E-state index contributed by atoms with van der Waals surface area (Å²) < 4.78 is 0. The van der Waals surface area contributed by atoms with Crippen LogP contribution >= 0.6 is 0 Å². The number of rotatable bonds is 1. The molecule has 1 N–H and O–H groups in total. The molecule has 2 saturated heterocycles. The number of carbonyl (C=O) groups is 2. The summed E-state index contributed by atoms with van der Waals surface area (Å²) in [5.41, 5.74) is 0. The molecule has 2 amide bonds. The summed E-state index contributed by atoms with van der Waals surface area (Å²) in [7, 11) is 1.69. The predicted molar refractivity (Wildman–Crippen MR) is 55.2 cm³/mol. The number of amides is 2. The van der Waals surface area contributed by atoms with E-state index in [-0.39, 0.29) is 17.9 Å². The summed E-state index contributed by atoms with van der Waals surface area (Å²) >= 11 is 0. The minimum Gasteiger partial charge on any atom is -0.337 e. The van der Waals surface area contributed by atoms with Crippen LogP contribution in [0.2, 0.25) is 0 Å². The molecular weight excluding hydrogens is 194 g/mol. The molecule has 2 fully saturated rings. The zero-order valence-electron chi connectivity index (χ0n) is 9.03. The van der Waals surface area contributed by atoms with Crippen molar-refractivity contribution in [2.24, 2.45) is 0 Å². The number of nitrogens with one attached hydrogen (secondary N) is 1. The Bertz CT molecular complexity index is 274. The van der Waals surface area contributed by atoms with E-state index in [2.05, 4.69) is 5.32 Å². The monoisotopic (exact) mass is 211 g/mol. The fourth-order valence-electron chi connectivity index (χ4n) is 2.22. The summed E-state index contributed by atoms with van der Waals surface area (Å²) in [6.45, 7) is 3.16. The molecule has 0 aliphatic carbocycles. The maximum atomic E-state index is 11.8. The SMILES string of the molecule is CN1CCCN(C2CCNC2)C(=O)C1=O. The lowest BCUT2D eigenvalue weighted by atomic mass is 10.2. The lowest BCUT2D eigenvalue weighted by molar-refractivity contribution is -0.150. The summed E-state index contributed by atoms with van der Waals surface area (Å²) in [6, 6.07) is 0.216. The van der Waals surface area contributed by atoms with Gasteiger partial charge in [-0.25, -0.2) is 0 Å². The molecule has 2 aliphatic heterocycles. The molecule has 0 aromatic rings. The Balaban J connectivity index is 2.10. The molecule has 0 aromatic heterocycles. The molecule has 1 atom stereocenters. The van der Waals surface area contributed by atoms with Gasteiger partial charge in [0, 0.05) is 32.7 Å². The summed E-state index contributed by atoms with van der Waals surface area (Å²) in [5.74, 6) is -0.692. The fourth-order valence-corrected chi connectivity index (χ4v) is 2.22. The molecule has 0 saturated carbocycles. The standard InChI is InChI=1S/C10H17N3O2/c1-12-5-2-6-13(10(15)9(12)14)8-3-4-11-7-8/h8,11H,2-7H2,1H3. The normalized spacial score (nSPS) is 28.5. The second kappa shape index (κ2) is 4.18. The molecule has 5 nitrogen and oxygen atoms in total. The third-order valence-corrected chi connectivity index (χ3v) is 3.16. The summed E-state index contributed by atoms with van der Waals surface area (Å²) in [4.78, 5) is 26.7. The van der Waals surface area contributed by atoms with E-state index in [1.807, 2.05) is 0 Å². The van der Waals surface area contributed by atoms with E-state index in [1.165, 1.54) is 4.90 Å². The van der Waals surface area contributed by atoms with Crippen molar-refractivity contribution in [2.45, 2.75) is 18.9 Å². The van der Waals surface area contributed by atoms with Gasteiger partial charge in [-0.3, -0.25) is 9.59 Å². The van der Waals surface area contributed by atoms with Crippen LogP contribution in [0.5, 0.6) is 0 Å². The predicted octanol–water partition coefficient (Wildman–Crippen LogP) is -0.961. The topological polar surface area (TPSA) is 52.6 Å². The van der Waals surface area contributed by atoms with Crippen LogP contribution in [0.1, 0.15) is 12.8 Å². The zero-order valence-corrected chi connectivity index (χ0v) is 9.03. The van der Waals surface area contributed by atoms with Crippen LogP contribution in [0, 0.1) is 0 Å². The highest BCUT2D eigenvalue weighted by Crippen LogP contribution is 2.13. The van der Waals surface area contributed by atoms with Crippen LogP contribution in [0.3, 0.4) is 0 Å². The molecular formula is C10H17N3O2. The van der Waals surface area contributed by atoms with Gasteiger partial charge in [0.2, 0.25) is 0 Å².